The second kappa shape index (κ2) is 4.92. The lowest BCUT2D eigenvalue weighted by Gasteiger charge is -2.06. The quantitative estimate of drug-likeness (QED) is 0.899. The van der Waals surface area contributed by atoms with Crippen LogP contribution in [0, 0.1) is 0 Å². The highest BCUT2D eigenvalue weighted by molar-refractivity contribution is 6.36. The van der Waals surface area contributed by atoms with Gasteiger partial charge in [0, 0.05) is 28.7 Å². The molecule has 1 fully saturated rings. The summed E-state index contributed by atoms with van der Waals surface area (Å²) in [4.78, 5) is 0. The van der Waals surface area contributed by atoms with E-state index in [1.165, 1.54) is 12.8 Å². The lowest BCUT2D eigenvalue weighted by molar-refractivity contribution is 0.689. The van der Waals surface area contributed by atoms with Gasteiger partial charge in [0.15, 0.2) is 0 Å². The van der Waals surface area contributed by atoms with Crippen LogP contribution in [0.15, 0.2) is 24.4 Å². The predicted molar refractivity (Wildman–Crippen MR) is 73.9 cm³/mol. The molecule has 2 aromatic rings. The zero-order chi connectivity index (χ0) is 12.5. The first-order valence-electron chi connectivity index (χ1n) is 5.95. The summed E-state index contributed by atoms with van der Waals surface area (Å²) in [6.07, 6.45) is 4.39. The molecule has 0 radical (unpaired) electrons. The van der Waals surface area contributed by atoms with Crippen molar-refractivity contribution in [1.29, 1.82) is 0 Å². The van der Waals surface area contributed by atoms with Gasteiger partial charge >= 0.3 is 0 Å². The van der Waals surface area contributed by atoms with Crippen molar-refractivity contribution in [2.75, 3.05) is 0 Å². The highest BCUT2D eigenvalue weighted by atomic mass is 35.5. The smallest absolute Gasteiger partial charge is 0.0710 e. The molecule has 0 unspecified atom stereocenters. The molecule has 1 aromatic carbocycles. The van der Waals surface area contributed by atoms with Crippen molar-refractivity contribution in [2.24, 2.45) is 0 Å². The third-order valence-corrected chi connectivity index (χ3v) is 3.62. The van der Waals surface area contributed by atoms with Gasteiger partial charge in [0.25, 0.3) is 0 Å². The Kier molecular flexibility index (Phi) is 3.29. The zero-order valence-corrected chi connectivity index (χ0v) is 11.2. The first kappa shape index (κ1) is 12.0. The minimum atomic E-state index is 0.638. The molecule has 0 atom stereocenters. The molecule has 0 aliphatic heterocycles. The van der Waals surface area contributed by atoms with Crippen LogP contribution < -0.4 is 5.32 Å². The molecule has 5 heteroatoms. The zero-order valence-electron chi connectivity index (χ0n) is 9.71. The highest BCUT2D eigenvalue weighted by Crippen LogP contribution is 2.31. The Morgan fingerprint density at radius 3 is 2.89 bits per heavy atom. The van der Waals surface area contributed by atoms with Crippen LogP contribution in [0.1, 0.15) is 18.4 Å². The molecule has 94 valence electrons. The molecular formula is C13H13Cl2N3. The minimum Gasteiger partial charge on any atom is -0.310 e. The van der Waals surface area contributed by atoms with Gasteiger partial charge in [-0.25, -0.2) is 0 Å². The van der Waals surface area contributed by atoms with Crippen LogP contribution in [-0.2, 0) is 6.54 Å². The van der Waals surface area contributed by atoms with E-state index in [0.717, 1.165) is 23.4 Å². The first-order valence-corrected chi connectivity index (χ1v) is 6.70. The fourth-order valence-electron chi connectivity index (χ4n) is 1.91. The molecule has 18 heavy (non-hydrogen) atoms. The van der Waals surface area contributed by atoms with Gasteiger partial charge < -0.3 is 5.32 Å². The van der Waals surface area contributed by atoms with Crippen molar-refractivity contribution >= 4 is 23.2 Å². The summed E-state index contributed by atoms with van der Waals surface area (Å²) in [5.41, 5.74) is 3.03. The van der Waals surface area contributed by atoms with E-state index in [-0.39, 0.29) is 0 Å². The Hall–Kier alpha value is -1.03. The minimum absolute atomic E-state index is 0.638. The summed E-state index contributed by atoms with van der Waals surface area (Å²) < 4.78 is 0. The van der Waals surface area contributed by atoms with Gasteiger partial charge in [0.2, 0.25) is 0 Å². The van der Waals surface area contributed by atoms with Gasteiger partial charge in [0.05, 0.1) is 16.9 Å². The van der Waals surface area contributed by atoms with Crippen molar-refractivity contribution in [3.8, 4) is 11.3 Å². The number of aromatic nitrogens is 2. The number of hydrogen-bond donors (Lipinski definition) is 2. The number of halogens is 2. The Bertz CT molecular complexity index is 561. The van der Waals surface area contributed by atoms with Crippen LogP contribution in [0.5, 0.6) is 0 Å². The molecule has 1 aliphatic carbocycles. The van der Waals surface area contributed by atoms with Gasteiger partial charge in [-0.05, 0) is 31.0 Å². The van der Waals surface area contributed by atoms with E-state index in [9.17, 15) is 0 Å². The predicted octanol–water partition coefficient (Wildman–Crippen LogP) is 3.64. The van der Waals surface area contributed by atoms with Crippen LogP contribution in [0.4, 0.5) is 0 Å². The van der Waals surface area contributed by atoms with Crippen LogP contribution in [-0.4, -0.2) is 16.2 Å². The topological polar surface area (TPSA) is 40.7 Å². The van der Waals surface area contributed by atoms with E-state index >= 15 is 0 Å². The van der Waals surface area contributed by atoms with Crippen molar-refractivity contribution < 1.29 is 0 Å². The average molecular weight is 282 g/mol. The molecule has 1 saturated carbocycles. The second-order valence-electron chi connectivity index (χ2n) is 4.55. The highest BCUT2D eigenvalue weighted by Gasteiger charge is 2.21. The number of H-pyrrole nitrogens is 1. The third-order valence-electron chi connectivity index (χ3n) is 3.08. The monoisotopic (exact) mass is 281 g/mol. The number of benzene rings is 1. The van der Waals surface area contributed by atoms with Crippen LogP contribution in [0.2, 0.25) is 10.0 Å². The van der Waals surface area contributed by atoms with Gasteiger partial charge in [-0.1, -0.05) is 23.2 Å². The van der Waals surface area contributed by atoms with Gasteiger partial charge in [-0.2, -0.15) is 5.10 Å². The van der Waals surface area contributed by atoms with Crippen LogP contribution in [0.3, 0.4) is 0 Å². The normalized spacial score (nSPS) is 15.0. The fraction of sp³-hybridized carbons (Fsp3) is 0.308. The molecule has 0 amide bonds. The van der Waals surface area contributed by atoms with Gasteiger partial charge in [-0.15, -0.1) is 0 Å². The van der Waals surface area contributed by atoms with E-state index in [2.05, 4.69) is 15.5 Å². The van der Waals surface area contributed by atoms with E-state index in [4.69, 9.17) is 23.2 Å². The standard InChI is InChI=1S/C13H13Cl2N3/c14-9-1-4-11(12(15)5-9)13-8(7-17-18-13)6-16-10-2-3-10/h1,4-5,7,10,16H,2-3,6H2,(H,17,18). The Labute approximate surface area is 115 Å². The van der Waals surface area contributed by atoms with Gasteiger partial charge in [0.1, 0.15) is 0 Å². The first-order chi connectivity index (χ1) is 8.74. The summed E-state index contributed by atoms with van der Waals surface area (Å²) in [5, 5.41) is 11.9. The molecule has 1 aliphatic rings. The molecule has 3 nitrogen and oxygen atoms in total. The molecular weight excluding hydrogens is 269 g/mol. The summed E-state index contributed by atoms with van der Waals surface area (Å²) in [7, 11) is 0. The maximum absolute atomic E-state index is 6.22. The van der Waals surface area contributed by atoms with E-state index in [1.54, 1.807) is 6.07 Å². The summed E-state index contributed by atoms with van der Waals surface area (Å²) in [6, 6.07) is 6.17. The van der Waals surface area contributed by atoms with Crippen molar-refractivity contribution in [3.63, 3.8) is 0 Å². The second-order valence-corrected chi connectivity index (χ2v) is 5.39. The largest absolute Gasteiger partial charge is 0.310 e. The van der Waals surface area contributed by atoms with Gasteiger partial charge in [-0.3, -0.25) is 5.10 Å². The number of hydrogen-bond acceptors (Lipinski definition) is 2. The molecule has 2 N–H and O–H groups in total. The molecule has 0 bridgehead atoms. The average Bonchev–Trinajstić information content (AvgIpc) is 3.06. The number of aromatic amines is 1. The van der Waals surface area contributed by atoms with E-state index < -0.39 is 0 Å². The number of nitrogens with one attached hydrogen (secondary N) is 2. The fourth-order valence-corrected chi connectivity index (χ4v) is 2.42. The number of nitrogens with zero attached hydrogens (tertiary/aromatic N) is 1. The SMILES string of the molecule is Clc1ccc(-c2[nH]ncc2CNC2CC2)c(Cl)c1. The van der Waals surface area contributed by atoms with Crippen LogP contribution in [0.25, 0.3) is 11.3 Å². The van der Waals surface area contributed by atoms with Crippen LogP contribution >= 0.6 is 23.2 Å². The Morgan fingerprint density at radius 1 is 1.33 bits per heavy atom. The third kappa shape index (κ3) is 2.53. The van der Waals surface area contributed by atoms with Crippen molar-refractivity contribution in [2.45, 2.75) is 25.4 Å². The van der Waals surface area contributed by atoms with Crippen molar-refractivity contribution in [3.05, 3.63) is 40.0 Å². The lowest BCUT2D eigenvalue weighted by atomic mass is 10.1. The van der Waals surface area contributed by atoms with E-state index in [1.807, 2.05) is 18.3 Å². The molecule has 0 spiro atoms. The van der Waals surface area contributed by atoms with Crippen molar-refractivity contribution in [1.82, 2.24) is 15.5 Å². The molecule has 1 aromatic heterocycles. The molecule has 1 heterocycles. The Morgan fingerprint density at radius 2 is 2.17 bits per heavy atom. The maximum atomic E-state index is 6.22. The summed E-state index contributed by atoms with van der Waals surface area (Å²) in [6.45, 7) is 0.815. The van der Waals surface area contributed by atoms with E-state index in [0.29, 0.717) is 16.1 Å². The summed E-state index contributed by atoms with van der Waals surface area (Å²) >= 11 is 12.1. The Balaban J connectivity index is 1.88. The summed E-state index contributed by atoms with van der Waals surface area (Å²) in [5.74, 6) is 0. The molecule has 3 rings (SSSR count). The number of rotatable bonds is 4. The lowest BCUT2D eigenvalue weighted by Crippen LogP contribution is -2.15. The molecule has 0 saturated heterocycles. The maximum Gasteiger partial charge on any atom is 0.0710 e.